The van der Waals surface area contributed by atoms with Gasteiger partial charge in [-0.25, -0.2) is 8.78 Å². The molecular weight excluding hydrogens is 296 g/mol. The molecule has 0 amide bonds. The minimum absolute atomic E-state index is 0.101. The van der Waals surface area contributed by atoms with E-state index in [0.717, 1.165) is 0 Å². The Labute approximate surface area is 104 Å². The molecule has 0 spiro atoms. The van der Waals surface area contributed by atoms with Crippen molar-refractivity contribution in [3.8, 4) is 0 Å². The van der Waals surface area contributed by atoms with E-state index < -0.39 is 11.6 Å². The van der Waals surface area contributed by atoms with Gasteiger partial charge in [0, 0.05) is 4.47 Å². The van der Waals surface area contributed by atoms with Crippen molar-refractivity contribution < 1.29 is 8.78 Å². The van der Waals surface area contributed by atoms with Crippen LogP contribution in [-0.4, -0.2) is 20.2 Å². The van der Waals surface area contributed by atoms with Gasteiger partial charge in [-0.2, -0.15) is 4.80 Å². The maximum atomic E-state index is 13.4. The van der Waals surface area contributed by atoms with Crippen LogP contribution in [0.3, 0.4) is 0 Å². The second-order valence-corrected chi connectivity index (χ2v) is 4.21. The van der Waals surface area contributed by atoms with Gasteiger partial charge in [-0.15, -0.1) is 10.2 Å². The predicted octanol–water partition coefficient (Wildman–Crippen LogP) is 1.86. The summed E-state index contributed by atoms with van der Waals surface area (Å²) in [5.74, 6) is -1.00. The standard InChI is InChI=1S/C9H8BrF2N5/c1-17-15-8(14-16-17)4-13-9-6(11)2-5(10)3-7(9)12/h2-3,13H,4H2,1H3. The molecule has 1 aromatic heterocycles. The van der Waals surface area contributed by atoms with Crippen LogP contribution >= 0.6 is 15.9 Å². The summed E-state index contributed by atoms with van der Waals surface area (Å²) in [6, 6.07) is 2.35. The Balaban J connectivity index is 2.14. The molecule has 0 fully saturated rings. The highest BCUT2D eigenvalue weighted by atomic mass is 79.9. The Morgan fingerprint density at radius 2 is 2.00 bits per heavy atom. The average molecular weight is 304 g/mol. The molecule has 2 rings (SSSR count). The van der Waals surface area contributed by atoms with Crippen molar-refractivity contribution in [3.05, 3.63) is 34.1 Å². The van der Waals surface area contributed by atoms with Crippen molar-refractivity contribution in [3.63, 3.8) is 0 Å². The van der Waals surface area contributed by atoms with Crippen molar-refractivity contribution in [2.75, 3.05) is 5.32 Å². The lowest BCUT2D eigenvalue weighted by molar-refractivity contribution is 0.586. The van der Waals surface area contributed by atoms with Crippen LogP contribution in [0, 0.1) is 11.6 Å². The number of aryl methyl sites for hydroxylation is 1. The van der Waals surface area contributed by atoms with E-state index in [2.05, 4.69) is 36.7 Å². The van der Waals surface area contributed by atoms with Crippen molar-refractivity contribution in [1.82, 2.24) is 20.2 Å². The van der Waals surface area contributed by atoms with Gasteiger partial charge in [0.25, 0.3) is 0 Å². The molecule has 0 radical (unpaired) electrons. The number of halogens is 3. The zero-order chi connectivity index (χ0) is 12.4. The number of nitrogens with one attached hydrogen (secondary N) is 1. The van der Waals surface area contributed by atoms with Gasteiger partial charge in [0.2, 0.25) is 0 Å². The third-order valence-electron chi connectivity index (χ3n) is 1.98. The van der Waals surface area contributed by atoms with E-state index in [0.29, 0.717) is 10.3 Å². The Bertz CT molecular complexity index is 519. The molecule has 5 nitrogen and oxygen atoms in total. The fourth-order valence-corrected chi connectivity index (χ4v) is 1.67. The van der Waals surface area contributed by atoms with Gasteiger partial charge in [0.15, 0.2) is 5.82 Å². The molecule has 0 unspecified atom stereocenters. The second kappa shape index (κ2) is 4.74. The molecule has 17 heavy (non-hydrogen) atoms. The zero-order valence-corrected chi connectivity index (χ0v) is 10.4. The van der Waals surface area contributed by atoms with E-state index >= 15 is 0 Å². The van der Waals surface area contributed by atoms with Crippen LogP contribution in [-0.2, 0) is 13.6 Å². The quantitative estimate of drug-likeness (QED) is 0.940. The van der Waals surface area contributed by atoms with E-state index in [-0.39, 0.29) is 12.2 Å². The van der Waals surface area contributed by atoms with Crippen LogP contribution in [0.5, 0.6) is 0 Å². The topological polar surface area (TPSA) is 55.6 Å². The van der Waals surface area contributed by atoms with Gasteiger partial charge in [0.05, 0.1) is 13.6 Å². The van der Waals surface area contributed by atoms with Gasteiger partial charge < -0.3 is 5.32 Å². The van der Waals surface area contributed by atoms with Crippen LogP contribution in [0.2, 0.25) is 0 Å². The Morgan fingerprint density at radius 1 is 1.35 bits per heavy atom. The van der Waals surface area contributed by atoms with E-state index in [9.17, 15) is 8.78 Å². The SMILES string of the molecule is Cn1nnc(CNc2c(F)cc(Br)cc2F)n1. The summed E-state index contributed by atoms with van der Waals surface area (Å²) in [7, 11) is 1.61. The molecule has 0 bridgehead atoms. The number of hydrogen-bond acceptors (Lipinski definition) is 4. The first kappa shape index (κ1) is 11.9. The maximum absolute atomic E-state index is 13.4. The lowest BCUT2D eigenvalue weighted by Crippen LogP contribution is -2.06. The summed E-state index contributed by atoms with van der Waals surface area (Å²) in [4.78, 5) is 1.27. The van der Waals surface area contributed by atoms with E-state index in [1.54, 1.807) is 7.05 Å². The van der Waals surface area contributed by atoms with Gasteiger partial charge in [-0.05, 0) is 17.3 Å². The monoisotopic (exact) mass is 303 g/mol. The molecule has 0 atom stereocenters. The van der Waals surface area contributed by atoms with E-state index in [4.69, 9.17) is 0 Å². The van der Waals surface area contributed by atoms with Crippen LogP contribution in [0.25, 0.3) is 0 Å². The van der Waals surface area contributed by atoms with Crippen LogP contribution in [0.1, 0.15) is 5.82 Å². The third kappa shape index (κ3) is 2.76. The molecule has 0 saturated heterocycles. The van der Waals surface area contributed by atoms with Crippen molar-refractivity contribution in [2.45, 2.75) is 6.54 Å². The Hall–Kier alpha value is -1.57. The smallest absolute Gasteiger partial charge is 0.193 e. The third-order valence-corrected chi connectivity index (χ3v) is 2.44. The molecule has 1 N–H and O–H groups in total. The molecule has 0 aliphatic heterocycles. The molecular formula is C9H8BrF2N5. The molecule has 2 aromatic rings. The first-order chi connectivity index (χ1) is 8.06. The number of aromatic nitrogens is 4. The predicted molar refractivity (Wildman–Crippen MR) is 60.2 cm³/mol. The Morgan fingerprint density at radius 3 is 2.53 bits per heavy atom. The fraction of sp³-hybridized carbons (Fsp3) is 0.222. The summed E-state index contributed by atoms with van der Waals surface area (Å²) < 4.78 is 27.2. The lowest BCUT2D eigenvalue weighted by atomic mass is 10.3. The molecule has 0 aliphatic carbocycles. The fourth-order valence-electron chi connectivity index (χ4n) is 1.27. The highest BCUT2D eigenvalue weighted by Gasteiger charge is 2.11. The first-order valence-corrected chi connectivity index (χ1v) is 5.47. The largest absolute Gasteiger partial charge is 0.373 e. The van der Waals surface area contributed by atoms with Gasteiger partial charge in [-0.1, -0.05) is 15.9 Å². The molecule has 90 valence electrons. The number of nitrogens with zero attached hydrogens (tertiary/aromatic N) is 4. The molecule has 0 aliphatic rings. The lowest BCUT2D eigenvalue weighted by Gasteiger charge is -2.06. The minimum Gasteiger partial charge on any atom is -0.373 e. The molecule has 8 heteroatoms. The van der Waals surface area contributed by atoms with Crippen LogP contribution in [0.4, 0.5) is 14.5 Å². The van der Waals surface area contributed by atoms with Gasteiger partial charge >= 0.3 is 0 Å². The van der Waals surface area contributed by atoms with Gasteiger partial charge in [-0.3, -0.25) is 0 Å². The highest BCUT2D eigenvalue weighted by Crippen LogP contribution is 2.23. The zero-order valence-electron chi connectivity index (χ0n) is 8.78. The van der Waals surface area contributed by atoms with E-state index in [1.807, 2.05) is 0 Å². The first-order valence-electron chi connectivity index (χ1n) is 4.67. The van der Waals surface area contributed by atoms with Crippen molar-refractivity contribution in [2.24, 2.45) is 7.05 Å². The Kier molecular flexibility index (Phi) is 3.32. The number of tetrazole rings is 1. The van der Waals surface area contributed by atoms with Crippen molar-refractivity contribution in [1.29, 1.82) is 0 Å². The second-order valence-electron chi connectivity index (χ2n) is 3.29. The molecule has 1 heterocycles. The molecule has 0 saturated carbocycles. The minimum atomic E-state index is -0.680. The van der Waals surface area contributed by atoms with Crippen LogP contribution < -0.4 is 5.32 Å². The number of anilines is 1. The number of rotatable bonds is 3. The number of benzene rings is 1. The number of hydrogen-bond donors (Lipinski definition) is 1. The highest BCUT2D eigenvalue weighted by molar-refractivity contribution is 9.10. The summed E-state index contributed by atoms with van der Waals surface area (Å²) >= 11 is 3.00. The normalized spacial score (nSPS) is 10.6. The van der Waals surface area contributed by atoms with Crippen LogP contribution in [0.15, 0.2) is 16.6 Å². The summed E-state index contributed by atoms with van der Waals surface area (Å²) in [5.41, 5.74) is -0.208. The van der Waals surface area contributed by atoms with Crippen molar-refractivity contribution >= 4 is 21.6 Å². The van der Waals surface area contributed by atoms with E-state index in [1.165, 1.54) is 16.9 Å². The summed E-state index contributed by atoms with van der Waals surface area (Å²) in [5, 5.41) is 13.8. The maximum Gasteiger partial charge on any atom is 0.193 e. The summed E-state index contributed by atoms with van der Waals surface area (Å²) in [6.07, 6.45) is 0. The average Bonchev–Trinajstić information content (AvgIpc) is 2.62. The van der Waals surface area contributed by atoms with Gasteiger partial charge in [0.1, 0.15) is 17.3 Å². The summed E-state index contributed by atoms with van der Waals surface area (Å²) in [6.45, 7) is 0.101. The molecule has 1 aromatic carbocycles.